The second-order valence-electron chi connectivity index (χ2n) is 4.29. The van der Waals surface area contributed by atoms with E-state index >= 15 is 0 Å². The molecule has 2 atom stereocenters. The third-order valence-electron chi connectivity index (χ3n) is 3.01. The van der Waals surface area contributed by atoms with Gasteiger partial charge in [-0.25, -0.2) is 4.98 Å². The molecular weight excluding hydrogens is 224 g/mol. The predicted octanol–water partition coefficient (Wildman–Crippen LogP) is -0.617. The summed E-state index contributed by atoms with van der Waals surface area (Å²) in [7, 11) is 0. The first-order valence-corrected chi connectivity index (χ1v) is 5.52. The molecule has 1 aromatic heterocycles. The Labute approximate surface area is 98.6 Å². The van der Waals surface area contributed by atoms with E-state index in [0.29, 0.717) is 18.9 Å². The number of rotatable bonds is 3. The molecule has 0 spiro atoms. The van der Waals surface area contributed by atoms with Gasteiger partial charge in [-0.15, -0.1) is 5.10 Å². The number of aromatic amines is 1. The number of aromatic nitrogens is 3. The highest BCUT2D eigenvalue weighted by Gasteiger charge is 2.39. The van der Waals surface area contributed by atoms with E-state index in [9.17, 15) is 9.90 Å². The Morgan fingerprint density at radius 2 is 2.53 bits per heavy atom. The molecule has 0 aromatic carbocycles. The number of amides is 1. The summed E-state index contributed by atoms with van der Waals surface area (Å²) in [5.41, 5.74) is -0.999. The maximum Gasteiger partial charge on any atom is 0.291 e. The molecule has 1 aliphatic rings. The van der Waals surface area contributed by atoms with Gasteiger partial charge in [0.1, 0.15) is 11.4 Å². The average Bonchev–Trinajstić information content (AvgIpc) is 2.84. The largest absolute Gasteiger partial charge is 0.385 e. The number of aliphatic hydroxyl groups is 1. The van der Waals surface area contributed by atoms with Crippen LogP contribution >= 0.6 is 0 Å². The second kappa shape index (κ2) is 4.42. The molecule has 1 saturated heterocycles. The highest BCUT2D eigenvalue weighted by molar-refractivity contribution is 5.90. The molecule has 7 heteroatoms. The molecule has 1 fully saturated rings. The van der Waals surface area contributed by atoms with Gasteiger partial charge in [-0.3, -0.25) is 9.89 Å². The standard InChI is InChI=1S/C10H16N4O3/c1-6-10(16,3-4-17-6)5-11-9(15)8-12-7(2)13-14-8/h6,16H,3-5H2,1-2H3,(H,11,15)(H,12,13,14). The molecule has 0 saturated carbocycles. The van der Waals surface area contributed by atoms with Gasteiger partial charge in [0.05, 0.1) is 6.10 Å². The molecule has 0 radical (unpaired) electrons. The van der Waals surface area contributed by atoms with E-state index in [4.69, 9.17) is 4.74 Å². The number of carbonyl (C=O) groups excluding carboxylic acids is 1. The highest BCUT2D eigenvalue weighted by Crippen LogP contribution is 2.24. The summed E-state index contributed by atoms with van der Waals surface area (Å²) >= 11 is 0. The fourth-order valence-electron chi connectivity index (χ4n) is 1.76. The van der Waals surface area contributed by atoms with Crippen molar-refractivity contribution >= 4 is 5.91 Å². The summed E-state index contributed by atoms with van der Waals surface area (Å²) in [4.78, 5) is 15.6. The topological polar surface area (TPSA) is 100 Å². The lowest BCUT2D eigenvalue weighted by atomic mass is 9.97. The fourth-order valence-corrected chi connectivity index (χ4v) is 1.76. The number of H-pyrrole nitrogens is 1. The lowest BCUT2D eigenvalue weighted by Crippen LogP contribution is -2.47. The van der Waals surface area contributed by atoms with Crippen molar-refractivity contribution in [3.63, 3.8) is 0 Å². The molecule has 0 bridgehead atoms. The molecule has 2 rings (SSSR count). The van der Waals surface area contributed by atoms with Gasteiger partial charge in [0, 0.05) is 19.6 Å². The Hall–Kier alpha value is -1.47. The van der Waals surface area contributed by atoms with Gasteiger partial charge in [-0.2, -0.15) is 0 Å². The number of nitrogens with one attached hydrogen (secondary N) is 2. The molecule has 94 valence electrons. The van der Waals surface area contributed by atoms with Crippen LogP contribution in [0.3, 0.4) is 0 Å². The van der Waals surface area contributed by atoms with Crippen molar-refractivity contribution in [3.8, 4) is 0 Å². The highest BCUT2D eigenvalue weighted by atomic mass is 16.5. The molecule has 1 aliphatic heterocycles. The number of nitrogens with zero attached hydrogens (tertiary/aromatic N) is 2. The number of ether oxygens (including phenoxy) is 1. The zero-order valence-electron chi connectivity index (χ0n) is 9.86. The first-order valence-electron chi connectivity index (χ1n) is 5.52. The lowest BCUT2D eigenvalue weighted by molar-refractivity contribution is -0.0252. The SMILES string of the molecule is Cc1nc(C(=O)NCC2(O)CCOC2C)n[nH]1. The van der Waals surface area contributed by atoms with Crippen molar-refractivity contribution in [1.29, 1.82) is 0 Å². The Morgan fingerprint density at radius 3 is 3.06 bits per heavy atom. The van der Waals surface area contributed by atoms with Gasteiger partial charge in [0.25, 0.3) is 5.91 Å². The minimum atomic E-state index is -0.999. The number of aryl methyl sites for hydroxylation is 1. The minimum Gasteiger partial charge on any atom is -0.385 e. The van der Waals surface area contributed by atoms with E-state index < -0.39 is 11.5 Å². The van der Waals surface area contributed by atoms with Gasteiger partial charge in [-0.05, 0) is 13.8 Å². The van der Waals surface area contributed by atoms with Crippen LogP contribution in [0.1, 0.15) is 29.8 Å². The molecule has 1 amide bonds. The molecule has 2 unspecified atom stereocenters. The van der Waals surface area contributed by atoms with Crippen molar-refractivity contribution in [2.75, 3.05) is 13.2 Å². The molecule has 2 heterocycles. The Balaban J connectivity index is 1.92. The van der Waals surface area contributed by atoms with Gasteiger partial charge >= 0.3 is 0 Å². The van der Waals surface area contributed by atoms with Gasteiger partial charge in [0.2, 0.25) is 5.82 Å². The van der Waals surface area contributed by atoms with Crippen molar-refractivity contribution in [3.05, 3.63) is 11.6 Å². The Kier molecular flexibility index (Phi) is 3.12. The van der Waals surface area contributed by atoms with Gasteiger partial charge in [-0.1, -0.05) is 0 Å². The smallest absolute Gasteiger partial charge is 0.291 e. The van der Waals surface area contributed by atoms with E-state index in [0.717, 1.165) is 0 Å². The van der Waals surface area contributed by atoms with Crippen molar-refractivity contribution < 1.29 is 14.6 Å². The summed E-state index contributed by atoms with van der Waals surface area (Å²) in [6, 6.07) is 0. The third kappa shape index (κ3) is 2.45. The van der Waals surface area contributed by atoms with Gasteiger partial charge in [0.15, 0.2) is 0 Å². The fraction of sp³-hybridized carbons (Fsp3) is 0.700. The number of hydrogen-bond acceptors (Lipinski definition) is 5. The number of carbonyl (C=O) groups is 1. The molecular formula is C10H16N4O3. The summed E-state index contributed by atoms with van der Waals surface area (Å²) in [5, 5.41) is 19.1. The Bertz CT molecular complexity index is 419. The zero-order valence-corrected chi connectivity index (χ0v) is 9.86. The van der Waals surface area contributed by atoms with E-state index in [2.05, 4.69) is 20.5 Å². The van der Waals surface area contributed by atoms with Crippen LogP contribution in [0.15, 0.2) is 0 Å². The lowest BCUT2D eigenvalue weighted by Gasteiger charge is -2.25. The molecule has 0 aliphatic carbocycles. The predicted molar refractivity (Wildman–Crippen MR) is 58.4 cm³/mol. The summed E-state index contributed by atoms with van der Waals surface area (Å²) < 4.78 is 5.27. The first kappa shape index (κ1) is 12.0. The van der Waals surface area contributed by atoms with E-state index in [1.54, 1.807) is 13.8 Å². The maximum absolute atomic E-state index is 11.7. The quantitative estimate of drug-likeness (QED) is 0.654. The summed E-state index contributed by atoms with van der Waals surface area (Å²) in [5.74, 6) is 0.256. The van der Waals surface area contributed by atoms with Crippen molar-refractivity contribution in [2.24, 2.45) is 0 Å². The van der Waals surface area contributed by atoms with Crippen LogP contribution in [-0.4, -0.2) is 51.1 Å². The average molecular weight is 240 g/mol. The van der Waals surface area contributed by atoms with E-state index in [-0.39, 0.29) is 18.5 Å². The Morgan fingerprint density at radius 1 is 1.76 bits per heavy atom. The van der Waals surface area contributed by atoms with Crippen LogP contribution in [0.4, 0.5) is 0 Å². The minimum absolute atomic E-state index is 0.0812. The molecule has 1 aromatic rings. The van der Waals surface area contributed by atoms with Crippen LogP contribution in [0.5, 0.6) is 0 Å². The normalized spacial score (nSPS) is 28.3. The van der Waals surface area contributed by atoms with E-state index in [1.807, 2.05) is 0 Å². The van der Waals surface area contributed by atoms with Crippen molar-refractivity contribution in [2.45, 2.75) is 32.0 Å². The van der Waals surface area contributed by atoms with Crippen LogP contribution in [0, 0.1) is 6.92 Å². The zero-order chi connectivity index (χ0) is 12.5. The van der Waals surface area contributed by atoms with Crippen LogP contribution < -0.4 is 5.32 Å². The summed E-state index contributed by atoms with van der Waals surface area (Å²) in [6.07, 6.45) is 0.234. The summed E-state index contributed by atoms with van der Waals surface area (Å²) in [6.45, 7) is 4.15. The second-order valence-corrected chi connectivity index (χ2v) is 4.29. The monoisotopic (exact) mass is 240 g/mol. The first-order chi connectivity index (χ1) is 8.01. The van der Waals surface area contributed by atoms with Crippen LogP contribution in [-0.2, 0) is 4.74 Å². The van der Waals surface area contributed by atoms with E-state index in [1.165, 1.54) is 0 Å². The molecule has 7 nitrogen and oxygen atoms in total. The molecule has 17 heavy (non-hydrogen) atoms. The van der Waals surface area contributed by atoms with Crippen LogP contribution in [0.25, 0.3) is 0 Å². The van der Waals surface area contributed by atoms with Crippen molar-refractivity contribution in [1.82, 2.24) is 20.5 Å². The maximum atomic E-state index is 11.7. The molecule has 3 N–H and O–H groups in total. The van der Waals surface area contributed by atoms with Gasteiger partial charge < -0.3 is 15.2 Å². The third-order valence-corrected chi connectivity index (χ3v) is 3.01. The van der Waals surface area contributed by atoms with Crippen LogP contribution in [0.2, 0.25) is 0 Å². The number of hydrogen-bond donors (Lipinski definition) is 3.